The Kier molecular flexibility index (Phi) is 20.0. The summed E-state index contributed by atoms with van der Waals surface area (Å²) in [6.07, 6.45) is 4.03. The van der Waals surface area contributed by atoms with Crippen LogP contribution in [0.3, 0.4) is 0 Å². The van der Waals surface area contributed by atoms with Crippen LogP contribution >= 0.6 is 0 Å². The number of esters is 1. The van der Waals surface area contributed by atoms with E-state index in [0.717, 1.165) is 77.6 Å². The second kappa shape index (κ2) is 25.8. The van der Waals surface area contributed by atoms with Gasteiger partial charge in [-0.05, 0) is 61.8 Å². The van der Waals surface area contributed by atoms with Crippen LogP contribution in [0, 0.1) is 0 Å². The normalized spacial score (nSPS) is 17.8. The minimum absolute atomic E-state index is 0.179. The lowest BCUT2D eigenvalue weighted by atomic mass is 10.1. The Morgan fingerprint density at radius 2 is 1.50 bits per heavy atom. The molecule has 0 aliphatic carbocycles. The van der Waals surface area contributed by atoms with Gasteiger partial charge in [-0.1, -0.05) is 58.0 Å². The summed E-state index contributed by atoms with van der Waals surface area (Å²) in [6, 6.07) is 13.4. The average molecular weight is 886 g/mol. The van der Waals surface area contributed by atoms with Crippen molar-refractivity contribution in [1.82, 2.24) is 50.0 Å². The standard InChI is InChI=1S/C47H71N11O6/c1-6-39(52-43(59)35-56-28-26-54(8-3)24-22-53(7-2)23-25-55(9-4)27-29-56)45(61)50-18-13-21-57-33-38-30-37(16-17-40(38)51-41(47(57)63)31-44(60)64-5)46(62)58(34-42-48-19-20-49-42)32-36-14-11-10-12-15-36/h10-12,14-17,19-20,30,39,41,51H,6-9,13,18,21-29,31-35H2,1-5H3,(H,48,49)(H,50,61)(H,52,59)/t39-,41+/m0/s1. The van der Waals surface area contributed by atoms with Crippen molar-refractivity contribution < 1.29 is 28.7 Å². The number of amides is 4. The number of carbonyl (C=O) groups is 5. The van der Waals surface area contributed by atoms with Crippen LogP contribution in [0.25, 0.3) is 0 Å². The molecule has 0 radical (unpaired) electrons. The Hall–Kier alpha value is -5.36. The van der Waals surface area contributed by atoms with Crippen molar-refractivity contribution in [2.24, 2.45) is 0 Å². The highest BCUT2D eigenvalue weighted by Crippen LogP contribution is 2.27. The first-order valence-corrected chi connectivity index (χ1v) is 23.1. The smallest absolute Gasteiger partial charge is 0.308 e. The van der Waals surface area contributed by atoms with E-state index in [0.29, 0.717) is 42.0 Å². The van der Waals surface area contributed by atoms with E-state index in [4.69, 9.17) is 4.74 Å². The fourth-order valence-corrected chi connectivity index (χ4v) is 8.17. The zero-order chi connectivity index (χ0) is 45.8. The number of aromatic nitrogens is 2. The molecular weight excluding hydrogens is 815 g/mol. The number of aromatic amines is 1. The molecular formula is C47H71N11O6. The fourth-order valence-electron chi connectivity index (χ4n) is 8.17. The molecule has 0 bridgehead atoms. The minimum atomic E-state index is -0.893. The van der Waals surface area contributed by atoms with E-state index >= 15 is 0 Å². The third kappa shape index (κ3) is 15.1. The number of nitrogens with one attached hydrogen (secondary N) is 4. The molecule has 0 spiro atoms. The van der Waals surface area contributed by atoms with Gasteiger partial charge in [0, 0.05) is 102 Å². The number of fused-ring (bicyclic) bond motifs is 1. The second-order valence-electron chi connectivity index (χ2n) is 16.5. The molecule has 64 heavy (non-hydrogen) atoms. The monoisotopic (exact) mass is 886 g/mol. The highest BCUT2D eigenvalue weighted by molar-refractivity contribution is 5.96. The highest BCUT2D eigenvalue weighted by Gasteiger charge is 2.32. The van der Waals surface area contributed by atoms with E-state index in [-0.39, 0.29) is 62.8 Å². The maximum Gasteiger partial charge on any atom is 0.308 e. The molecule has 350 valence electrons. The number of benzene rings is 2. The van der Waals surface area contributed by atoms with E-state index < -0.39 is 18.1 Å². The van der Waals surface area contributed by atoms with Crippen molar-refractivity contribution in [3.8, 4) is 0 Å². The number of nitrogens with zero attached hydrogens (tertiary/aromatic N) is 7. The van der Waals surface area contributed by atoms with Gasteiger partial charge in [0.2, 0.25) is 17.7 Å². The third-order valence-electron chi connectivity index (χ3n) is 12.3. The summed E-state index contributed by atoms with van der Waals surface area (Å²) in [5.74, 6) is -0.847. The molecule has 17 heteroatoms. The molecule has 3 heterocycles. The van der Waals surface area contributed by atoms with E-state index in [1.54, 1.807) is 40.4 Å². The quantitative estimate of drug-likeness (QED) is 0.102. The van der Waals surface area contributed by atoms with Gasteiger partial charge in [-0.15, -0.1) is 0 Å². The van der Waals surface area contributed by atoms with Crippen molar-refractivity contribution in [2.45, 2.75) is 78.7 Å². The van der Waals surface area contributed by atoms with Gasteiger partial charge in [-0.25, -0.2) is 4.98 Å². The number of methoxy groups -OCH3 is 1. The topological polar surface area (TPSA) is 179 Å². The van der Waals surface area contributed by atoms with Gasteiger partial charge in [0.05, 0.1) is 26.6 Å². The number of ether oxygens (including phenoxy) is 1. The van der Waals surface area contributed by atoms with Crippen LogP contribution in [0.2, 0.25) is 0 Å². The Morgan fingerprint density at radius 1 is 0.859 bits per heavy atom. The summed E-state index contributed by atoms with van der Waals surface area (Å²) >= 11 is 0. The van der Waals surface area contributed by atoms with Crippen molar-refractivity contribution >= 4 is 35.3 Å². The Bertz CT molecular complexity index is 1910. The maximum absolute atomic E-state index is 14.1. The lowest BCUT2D eigenvalue weighted by Crippen LogP contribution is -2.51. The summed E-state index contributed by atoms with van der Waals surface area (Å²) < 4.78 is 4.92. The molecule has 3 aromatic rings. The number of H-pyrrole nitrogens is 1. The van der Waals surface area contributed by atoms with Gasteiger partial charge in [-0.3, -0.25) is 28.9 Å². The first-order valence-electron chi connectivity index (χ1n) is 23.1. The largest absolute Gasteiger partial charge is 0.469 e. The lowest BCUT2D eigenvalue weighted by Gasteiger charge is -2.33. The Morgan fingerprint density at radius 3 is 2.08 bits per heavy atom. The summed E-state index contributed by atoms with van der Waals surface area (Å²) in [5, 5.41) is 9.18. The third-order valence-corrected chi connectivity index (χ3v) is 12.3. The zero-order valence-electron chi connectivity index (χ0n) is 38.7. The number of likely N-dealkylation sites (N-methyl/N-ethyl adjacent to an activating group) is 3. The lowest BCUT2D eigenvalue weighted by molar-refractivity contribution is -0.144. The summed E-state index contributed by atoms with van der Waals surface area (Å²) in [4.78, 5) is 87.8. The molecule has 4 amide bonds. The van der Waals surface area contributed by atoms with Crippen molar-refractivity contribution in [1.29, 1.82) is 0 Å². The predicted octanol–water partition coefficient (Wildman–Crippen LogP) is 2.62. The van der Waals surface area contributed by atoms with E-state index in [1.807, 2.05) is 37.3 Å². The molecule has 2 aromatic carbocycles. The Balaban J connectivity index is 1.20. The van der Waals surface area contributed by atoms with Gasteiger partial charge in [-0.2, -0.15) is 0 Å². The summed E-state index contributed by atoms with van der Waals surface area (Å²) in [6.45, 7) is 20.2. The molecule has 1 fully saturated rings. The van der Waals surface area contributed by atoms with Crippen molar-refractivity contribution in [2.75, 3.05) is 104 Å². The van der Waals surface area contributed by atoms with Crippen molar-refractivity contribution in [3.63, 3.8) is 0 Å². The predicted molar refractivity (Wildman–Crippen MR) is 247 cm³/mol. The molecule has 0 saturated carbocycles. The molecule has 1 saturated heterocycles. The van der Waals surface area contributed by atoms with Gasteiger partial charge in [0.15, 0.2) is 0 Å². The van der Waals surface area contributed by atoms with Gasteiger partial charge in [0.1, 0.15) is 17.9 Å². The van der Waals surface area contributed by atoms with Crippen LogP contribution in [-0.4, -0.2) is 180 Å². The van der Waals surface area contributed by atoms with Crippen molar-refractivity contribution in [3.05, 3.63) is 83.4 Å². The molecule has 2 aliphatic rings. The summed E-state index contributed by atoms with van der Waals surface area (Å²) in [7, 11) is 1.28. The van der Waals surface area contributed by atoms with Gasteiger partial charge in [0.25, 0.3) is 5.91 Å². The minimum Gasteiger partial charge on any atom is -0.469 e. The number of rotatable bonds is 19. The number of anilines is 1. The van der Waals surface area contributed by atoms with Gasteiger partial charge >= 0.3 is 5.97 Å². The van der Waals surface area contributed by atoms with E-state index in [9.17, 15) is 24.0 Å². The molecule has 17 nitrogen and oxygen atoms in total. The van der Waals surface area contributed by atoms with Crippen LogP contribution in [0.4, 0.5) is 5.69 Å². The van der Waals surface area contributed by atoms with Crippen LogP contribution in [0.15, 0.2) is 60.9 Å². The number of imidazole rings is 1. The average Bonchev–Trinajstić information content (AvgIpc) is 3.78. The van der Waals surface area contributed by atoms with Crippen LogP contribution < -0.4 is 16.0 Å². The molecule has 2 aliphatic heterocycles. The molecule has 2 atom stereocenters. The van der Waals surface area contributed by atoms with E-state index in [2.05, 4.69) is 66.3 Å². The molecule has 4 N–H and O–H groups in total. The second-order valence-corrected chi connectivity index (χ2v) is 16.5. The van der Waals surface area contributed by atoms with Crippen LogP contribution in [-0.2, 0) is 43.5 Å². The van der Waals surface area contributed by atoms with Crippen LogP contribution in [0.1, 0.15) is 74.3 Å². The van der Waals surface area contributed by atoms with Gasteiger partial charge < -0.3 is 50.2 Å². The van der Waals surface area contributed by atoms with Crippen LogP contribution in [0.5, 0.6) is 0 Å². The maximum atomic E-state index is 14.1. The molecule has 5 rings (SSSR count). The highest BCUT2D eigenvalue weighted by atomic mass is 16.5. The number of carbonyl (C=O) groups excluding carboxylic acids is 5. The fraction of sp³-hybridized carbons (Fsp3) is 0.574. The molecule has 1 aromatic heterocycles. The van der Waals surface area contributed by atoms with E-state index in [1.165, 1.54) is 7.11 Å². The Labute approximate surface area is 379 Å². The zero-order valence-corrected chi connectivity index (χ0v) is 38.7. The number of hydrogen-bond acceptors (Lipinski definition) is 12. The first-order chi connectivity index (χ1) is 31.0. The number of hydrogen-bond donors (Lipinski definition) is 4. The summed E-state index contributed by atoms with van der Waals surface area (Å²) in [5.41, 5.74) is 2.76. The first kappa shape index (κ1) is 49.7. The molecule has 0 unspecified atom stereocenters. The SMILES string of the molecule is CC[C@H](NC(=O)CN1CCN(CC)CCN(CC)CCN(CC)CC1)C(=O)NCCCN1Cc2cc(C(=O)N(Cc3ccccc3)Cc3ncc[nH]3)ccc2N[C@H](CC(=O)OC)C1=O.